The second kappa shape index (κ2) is 6.65. The van der Waals surface area contributed by atoms with Crippen molar-refractivity contribution in [2.75, 3.05) is 18.1 Å². The van der Waals surface area contributed by atoms with Crippen LogP contribution in [0.4, 0.5) is 5.69 Å². The number of carbonyl (C=O) groups excluding carboxylic acids is 2. The second-order valence-corrected chi connectivity index (χ2v) is 5.65. The maximum absolute atomic E-state index is 12.5. The smallest absolute Gasteiger partial charge is 0.227 e. The summed E-state index contributed by atoms with van der Waals surface area (Å²) in [5.41, 5.74) is 2.56. The Morgan fingerprint density at radius 3 is 2.57 bits per heavy atom. The number of hydrogen-bond acceptors (Lipinski definition) is 3. The third-order valence-corrected chi connectivity index (χ3v) is 3.97. The molecule has 2 aromatic rings. The summed E-state index contributed by atoms with van der Waals surface area (Å²) in [4.78, 5) is 26.4. The zero-order valence-corrected chi connectivity index (χ0v) is 13.1. The van der Waals surface area contributed by atoms with E-state index in [9.17, 15) is 9.59 Å². The first-order chi connectivity index (χ1) is 11.1. The molecule has 4 nitrogen and oxygen atoms in total. The number of ketones is 1. The summed E-state index contributed by atoms with van der Waals surface area (Å²) >= 11 is 0. The van der Waals surface area contributed by atoms with Crippen molar-refractivity contribution in [3.05, 3.63) is 59.7 Å². The van der Waals surface area contributed by atoms with Gasteiger partial charge in [0, 0.05) is 18.4 Å². The number of amides is 1. The summed E-state index contributed by atoms with van der Waals surface area (Å²) in [6, 6.07) is 14.9. The first-order valence-electron chi connectivity index (χ1n) is 7.77. The van der Waals surface area contributed by atoms with Gasteiger partial charge in [0.1, 0.15) is 12.4 Å². The summed E-state index contributed by atoms with van der Waals surface area (Å²) in [7, 11) is 0. The molecule has 0 aromatic heterocycles. The Labute approximate surface area is 135 Å². The Hall–Kier alpha value is -2.62. The number of anilines is 1. The van der Waals surface area contributed by atoms with Crippen LogP contribution in [-0.2, 0) is 4.79 Å². The van der Waals surface area contributed by atoms with Crippen molar-refractivity contribution >= 4 is 17.4 Å². The number of aryl methyl sites for hydroxylation is 1. The molecule has 0 aliphatic carbocycles. The minimum absolute atomic E-state index is 0.0000976. The first kappa shape index (κ1) is 15.3. The van der Waals surface area contributed by atoms with E-state index in [1.165, 1.54) is 0 Å². The average Bonchev–Trinajstić information content (AvgIpc) is 2.59. The molecule has 0 N–H and O–H groups in total. The van der Waals surface area contributed by atoms with Crippen molar-refractivity contribution in [2.24, 2.45) is 0 Å². The van der Waals surface area contributed by atoms with Crippen molar-refractivity contribution < 1.29 is 14.3 Å². The highest BCUT2D eigenvalue weighted by atomic mass is 16.5. The quantitative estimate of drug-likeness (QED) is 0.813. The Morgan fingerprint density at radius 1 is 1.04 bits per heavy atom. The van der Waals surface area contributed by atoms with Gasteiger partial charge in [-0.15, -0.1) is 0 Å². The fraction of sp³-hybridized carbons (Fsp3) is 0.263. The van der Waals surface area contributed by atoms with Crippen LogP contribution < -0.4 is 9.64 Å². The SMILES string of the molecule is Cc1ccc(C(=O)CCC(=O)N2CCOc3ccccc32)cc1. The highest BCUT2D eigenvalue weighted by Gasteiger charge is 2.23. The minimum atomic E-state index is -0.0405. The van der Waals surface area contributed by atoms with E-state index < -0.39 is 0 Å². The van der Waals surface area contributed by atoms with E-state index in [4.69, 9.17) is 4.74 Å². The molecule has 2 aromatic carbocycles. The topological polar surface area (TPSA) is 46.6 Å². The van der Waals surface area contributed by atoms with E-state index in [-0.39, 0.29) is 24.5 Å². The van der Waals surface area contributed by atoms with Gasteiger partial charge >= 0.3 is 0 Å². The second-order valence-electron chi connectivity index (χ2n) is 5.65. The lowest BCUT2D eigenvalue weighted by atomic mass is 10.0. The van der Waals surface area contributed by atoms with Crippen LogP contribution in [0.15, 0.2) is 48.5 Å². The first-order valence-corrected chi connectivity index (χ1v) is 7.77. The lowest BCUT2D eigenvalue weighted by Crippen LogP contribution is -2.38. The molecule has 0 fully saturated rings. The summed E-state index contributed by atoms with van der Waals surface area (Å²) in [6.45, 7) is 2.98. The maximum atomic E-state index is 12.5. The van der Waals surface area contributed by atoms with Gasteiger partial charge in [-0.3, -0.25) is 9.59 Å². The summed E-state index contributed by atoms with van der Waals surface area (Å²) in [5, 5.41) is 0. The van der Waals surface area contributed by atoms with Gasteiger partial charge < -0.3 is 9.64 Å². The van der Waals surface area contributed by atoms with Crippen LogP contribution in [0, 0.1) is 6.92 Å². The average molecular weight is 309 g/mol. The summed E-state index contributed by atoms with van der Waals surface area (Å²) < 4.78 is 5.55. The van der Waals surface area contributed by atoms with Gasteiger partial charge in [0.25, 0.3) is 0 Å². The van der Waals surface area contributed by atoms with E-state index in [1.54, 1.807) is 4.90 Å². The number of fused-ring (bicyclic) bond motifs is 1. The molecule has 1 heterocycles. The van der Waals surface area contributed by atoms with Crippen molar-refractivity contribution in [3.63, 3.8) is 0 Å². The molecule has 0 spiro atoms. The van der Waals surface area contributed by atoms with Crippen LogP contribution in [0.5, 0.6) is 5.75 Å². The van der Waals surface area contributed by atoms with Crippen LogP contribution in [0.2, 0.25) is 0 Å². The van der Waals surface area contributed by atoms with Crippen LogP contribution in [0.1, 0.15) is 28.8 Å². The van der Waals surface area contributed by atoms with Crippen molar-refractivity contribution in [1.82, 2.24) is 0 Å². The molecule has 0 unspecified atom stereocenters. The number of ether oxygens (including phenoxy) is 1. The van der Waals surface area contributed by atoms with Crippen molar-refractivity contribution in [3.8, 4) is 5.75 Å². The molecular formula is C19H19NO3. The lowest BCUT2D eigenvalue weighted by Gasteiger charge is -2.29. The highest BCUT2D eigenvalue weighted by molar-refractivity contribution is 6.01. The molecule has 1 amide bonds. The molecule has 3 rings (SSSR count). The molecular weight excluding hydrogens is 290 g/mol. The normalized spacial score (nSPS) is 13.2. The van der Waals surface area contributed by atoms with Gasteiger partial charge in [-0.1, -0.05) is 42.0 Å². The summed E-state index contributed by atoms with van der Waals surface area (Å²) in [5.74, 6) is 0.679. The van der Waals surface area contributed by atoms with Crippen LogP contribution >= 0.6 is 0 Å². The predicted octanol–water partition coefficient (Wildman–Crippen LogP) is 3.38. The van der Waals surface area contributed by atoms with E-state index >= 15 is 0 Å². The number of nitrogens with zero attached hydrogens (tertiary/aromatic N) is 1. The number of carbonyl (C=O) groups is 2. The largest absolute Gasteiger partial charge is 0.490 e. The molecule has 0 saturated carbocycles. The van der Waals surface area contributed by atoms with Crippen LogP contribution in [0.25, 0.3) is 0 Å². The molecule has 0 bridgehead atoms. The van der Waals surface area contributed by atoms with Gasteiger partial charge in [-0.05, 0) is 19.1 Å². The van der Waals surface area contributed by atoms with Gasteiger partial charge in [0.2, 0.25) is 5.91 Å². The molecule has 118 valence electrons. The molecule has 1 aliphatic rings. The van der Waals surface area contributed by atoms with Gasteiger partial charge in [-0.2, -0.15) is 0 Å². The predicted molar refractivity (Wildman–Crippen MR) is 89.0 cm³/mol. The molecule has 0 saturated heterocycles. The lowest BCUT2D eigenvalue weighted by molar-refractivity contribution is -0.118. The monoisotopic (exact) mass is 309 g/mol. The standard InChI is InChI=1S/C19H19NO3/c1-14-6-8-15(9-7-14)17(21)10-11-19(22)20-12-13-23-18-5-3-2-4-16(18)20/h2-9H,10-13H2,1H3. The van der Waals surface area contributed by atoms with Gasteiger partial charge in [0.05, 0.1) is 12.2 Å². The van der Waals surface area contributed by atoms with Gasteiger partial charge in [0.15, 0.2) is 5.78 Å². The zero-order chi connectivity index (χ0) is 16.2. The van der Waals surface area contributed by atoms with Crippen molar-refractivity contribution in [2.45, 2.75) is 19.8 Å². The zero-order valence-electron chi connectivity index (χ0n) is 13.1. The Morgan fingerprint density at radius 2 is 1.78 bits per heavy atom. The Bertz CT molecular complexity index is 722. The number of para-hydroxylation sites is 2. The van der Waals surface area contributed by atoms with Crippen LogP contribution in [-0.4, -0.2) is 24.8 Å². The van der Waals surface area contributed by atoms with E-state index in [0.717, 1.165) is 17.0 Å². The summed E-state index contributed by atoms with van der Waals surface area (Å²) in [6.07, 6.45) is 0.433. The van der Waals surface area contributed by atoms with Gasteiger partial charge in [-0.25, -0.2) is 0 Å². The van der Waals surface area contributed by atoms with E-state index in [0.29, 0.717) is 18.7 Å². The molecule has 4 heteroatoms. The number of rotatable bonds is 4. The third kappa shape index (κ3) is 3.42. The maximum Gasteiger partial charge on any atom is 0.227 e. The van der Waals surface area contributed by atoms with Crippen LogP contribution in [0.3, 0.4) is 0 Å². The fourth-order valence-corrected chi connectivity index (χ4v) is 2.67. The molecule has 0 atom stereocenters. The molecule has 0 radical (unpaired) electrons. The fourth-order valence-electron chi connectivity index (χ4n) is 2.67. The van der Waals surface area contributed by atoms with E-state index in [2.05, 4.69) is 0 Å². The minimum Gasteiger partial charge on any atom is -0.490 e. The Kier molecular flexibility index (Phi) is 4.42. The molecule has 1 aliphatic heterocycles. The van der Waals surface area contributed by atoms with E-state index in [1.807, 2.05) is 55.5 Å². The third-order valence-electron chi connectivity index (χ3n) is 3.97. The van der Waals surface area contributed by atoms with Crippen molar-refractivity contribution in [1.29, 1.82) is 0 Å². The number of hydrogen-bond donors (Lipinski definition) is 0. The molecule has 23 heavy (non-hydrogen) atoms. The number of Topliss-reactive ketones (excluding diaryl/α,β-unsaturated/α-hetero) is 1. The number of benzene rings is 2. The highest BCUT2D eigenvalue weighted by Crippen LogP contribution is 2.31. The Balaban J connectivity index is 1.64.